The van der Waals surface area contributed by atoms with Crippen LogP contribution < -0.4 is 5.32 Å². The first-order valence-corrected chi connectivity index (χ1v) is 6.64. The summed E-state index contributed by atoms with van der Waals surface area (Å²) < 4.78 is 5.11. The van der Waals surface area contributed by atoms with E-state index < -0.39 is 0 Å². The first-order valence-electron chi connectivity index (χ1n) is 6.64. The molecule has 5 nitrogen and oxygen atoms in total. The average Bonchev–Trinajstić information content (AvgIpc) is 2.40. The van der Waals surface area contributed by atoms with Gasteiger partial charge in [0.05, 0.1) is 12.6 Å². The van der Waals surface area contributed by atoms with Crippen LogP contribution in [0.25, 0.3) is 0 Å². The minimum absolute atomic E-state index is 0.0343. The molecule has 106 valence electrons. The Morgan fingerprint density at radius 2 is 2.21 bits per heavy atom. The SMILES string of the molecule is CCNc1cccc(C(=O)N(CC)C(C)COC)n1. The molecule has 19 heavy (non-hydrogen) atoms. The Morgan fingerprint density at radius 3 is 2.79 bits per heavy atom. The van der Waals surface area contributed by atoms with Gasteiger partial charge in [-0.2, -0.15) is 0 Å². The summed E-state index contributed by atoms with van der Waals surface area (Å²) in [5, 5.41) is 3.11. The number of carbonyl (C=O) groups excluding carboxylic acids is 1. The summed E-state index contributed by atoms with van der Waals surface area (Å²) in [6.07, 6.45) is 0. The van der Waals surface area contributed by atoms with Gasteiger partial charge in [-0.1, -0.05) is 6.07 Å². The van der Waals surface area contributed by atoms with Crippen molar-refractivity contribution in [3.63, 3.8) is 0 Å². The number of methoxy groups -OCH3 is 1. The summed E-state index contributed by atoms with van der Waals surface area (Å²) in [5.41, 5.74) is 0.461. The van der Waals surface area contributed by atoms with Crippen molar-refractivity contribution in [1.29, 1.82) is 0 Å². The van der Waals surface area contributed by atoms with Gasteiger partial charge in [0.2, 0.25) is 0 Å². The van der Waals surface area contributed by atoms with Crippen molar-refractivity contribution < 1.29 is 9.53 Å². The Hall–Kier alpha value is -1.62. The first kappa shape index (κ1) is 15.4. The molecule has 0 fully saturated rings. The van der Waals surface area contributed by atoms with Gasteiger partial charge in [0, 0.05) is 20.2 Å². The fourth-order valence-corrected chi connectivity index (χ4v) is 1.97. The lowest BCUT2D eigenvalue weighted by Crippen LogP contribution is -2.41. The molecular formula is C14H23N3O2. The van der Waals surface area contributed by atoms with Crippen molar-refractivity contribution in [2.45, 2.75) is 26.8 Å². The van der Waals surface area contributed by atoms with Crippen LogP contribution in [0.5, 0.6) is 0 Å². The number of carbonyl (C=O) groups is 1. The summed E-state index contributed by atoms with van der Waals surface area (Å²) in [4.78, 5) is 18.5. The molecule has 0 aromatic carbocycles. The lowest BCUT2D eigenvalue weighted by molar-refractivity contribution is 0.0574. The van der Waals surface area contributed by atoms with Gasteiger partial charge in [0.15, 0.2) is 0 Å². The molecule has 1 unspecified atom stereocenters. The fourth-order valence-electron chi connectivity index (χ4n) is 1.97. The second kappa shape index (κ2) is 7.74. The highest BCUT2D eigenvalue weighted by Crippen LogP contribution is 2.10. The van der Waals surface area contributed by atoms with Crippen molar-refractivity contribution in [3.8, 4) is 0 Å². The molecule has 1 rings (SSSR count). The predicted molar refractivity (Wildman–Crippen MR) is 76.4 cm³/mol. The van der Waals surface area contributed by atoms with Crippen LogP contribution in [0.1, 0.15) is 31.3 Å². The lowest BCUT2D eigenvalue weighted by Gasteiger charge is -2.27. The molecule has 1 N–H and O–H groups in total. The van der Waals surface area contributed by atoms with Gasteiger partial charge < -0.3 is 15.0 Å². The molecule has 1 aromatic rings. The molecule has 0 saturated heterocycles. The van der Waals surface area contributed by atoms with E-state index in [1.807, 2.05) is 32.9 Å². The largest absolute Gasteiger partial charge is 0.383 e. The third-order valence-corrected chi connectivity index (χ3v) is 2.87. The van der Waals surface area contributed by atoms with Gasteiger partial charge in [-0.05, 0) is 32.9 Å². The van der Waals surface area contributed by atoms with E-state index in [9.17, 15) is 4.79 Å². The quantitative estimate of drug-likeness (QED) is 0.819. The molecule has 0 radical (unpaired) electrons. The number of ether oxygens (including phenoxy) is 1. The summed E-state index contributed by atoms with van der Waals surface area (Å²) in [6, 6.07) is 5.47. The molecule has 0 spiro atoms. The van der Waals surface area contributed by atoms with Gasteiger partial charge in [0.25, 0.3) is 5.91 Å². The van der Waals surface area contributed by atoms with Gasteiger partial charge in [-0.3, -0.25) is 4.79 Å². The number of amides is 1. The maximum Gasteiger partial charge on any atom is 0.272 e. The van der Waals surface area contributed by atoms with Crippen molar-refractivity contribution >= 4 is 11.7 Å². The van der Waals surface area contributed by atoms with Crippen molar-refractivity contribution in [1.82, 2.24) is 9.88 Å². The Bertz CT molecular complexity index is 409. The third-order valence-electron chi connectivity index (χ3n) is 2.87. The van der Waals surface area contributed by atoms with E-state index in [0.717, 1.165) is 12.4 Å². The van der Waals surface area contributed by atoms with Crippen LogP contribution in [0.4, 0.5) is 5.82 Å². The molecule has 1 aromatic heterocycles. The van der Waals surface area contributed by atoms with E-state index >= 15 is 0 Å². The fraction of sp³-hybridized carbons (Fsp3) is 0.571. The zero-order chi connectivity index (χ0) is 14.3. The zero-order valence-corrected chi connectivity index (χ0v) is 12.1. The van der Waals surface area contributed by atoms with Crippen LogP contribution >= 0.6 is 0 Å². The highest BCUT2D eigenvalue weighted by Gasteiger charge is 2.21. The van der Waals surface area contributed by atoms with Crippen LogP contribution in [-0.2, 0) is 4.74 Å². The second-order valence-corrected chi connectivity index (χ2v) is 4.33. The van der Waals surface area contributed by atoms with Crippen molar-refractivity contribution in [2.75, 3.05) is 32.1 Å². The van der Waals surface area contributed by atoms with E-state index in [1.165, 1.54) is 0 Å². The molecule has 1 atom stereocenters. The molecule has 1 heterocycles. The summed E-state index contributed by atoms with van der Waals surface area (Å²) in [7, 11) is 1.64. The summed E-state index contributed by atoms with van der Waals surface area (Å²) in [6.45, 7) is 7.86. The van der Waals surface area contributed by atoms with Gasteiger partial charge in [0.1, 0.15) is 11.5 Å². The summed E-state index contributed by atoms with van der Waals surface area (Å²) >= 11 is 0. The van der Waals surface area contributed by atoms with E-state index in [2.05, 4.69) is 10.3 Å². The van der Waals surface area contributed by atoms with Gasteiger partial charge >= 0.3 is 0 Å². The number of rotatable bonds is 7. The van der Waals surface area contributed by atoms with Gasteiger partial charge in [-0.25, -0.2) is 4.98 Å². The molecule has 0 bridgehead atoms. The van der Waals surface area contributed by atoms with Crippen LogP contribution in [0, 0.1) is 0 Å². The Balaban J connectivity index is 2.87. The minimum atomic E-state index is -0.0631. The Kier molecular flexibility index (Phi) is 6.29. The van der Waals surface area contributed by atoms with Crippen LogP contribution in [0.2, 0.25) is 0 Å². The predicted octanol–water partition coefficient (Wildman–Crippen LogP) is 2.01. The monoisotopic (exact) mass is 265 g/mol. The zero-order valence-electron chi connectivity index (χ0n) is 12.1. The number of hydrogen-bond donors (Lipinski definition) is 1. The van der Waals surface area contributed by atoms with E-state index in [0.29, 0.717) is 18.8 Å². The second-order valence-electron chi connectivity index (χ2n) is 4.33. The molecule has 0 aliphatic carbocycles. The molecule has 0 aliphatic heterocycles. The van der Waals surface area contributed by atoms with E-state index in [-0.39, 0.29) is 11.9 Å². The highest BCUT2D eigenvalue weighted by atomic mass is 16.5. The topological polar surface area (TPSA) is 54.5 Å². The number of anilines is 1. The van der Waals surface area contributed by atoms with Gasteiger partial charge in [-0.15, -0.1) is 0 Å². The maximum atomic E-state index is 12.4. The number of aromatic nitrogens is 1. The molecular weight excluding hydrogens is 242 g/mol. The number of pyridine rings is 1. The van der Waals surface area contributed by atoms with E-state index in [1.54, 1.807) is 18.1 Å². The standard InChI is InChI=1S/C14H23N3O2/c1-5-15-13-9-7-8-12(16-13)14(18)17(6-2)11(3)10-19-4/h7-9,11H,5-6,10H2,1-4H3,(H,15,16). The van der Waals surface area contributed by atoms with Crippen molar-refractivity contribution in [2.24, 2.45) is 0 Å². The molecule has 1 amide bonds. The average molecular weight is 265 g/mol. The number of nitrogens with zero attached hydrogens (tertiary/aromatic N) is 2. The van der Waals surface area contributed by atoms with Crippen LogP contribution in [0.15, 0.2) is 18.2 Å². The Labute approximate surface area is 115 Å². The smallest absolute Gasteiger partial charge is 0.272 e. The van der Waals surface area contributed by atoms with E-state index in [4.69, 9.17) is 4.74 Å². The number of nitrogens with one attached hydrogen (secondary N) is 1. The lowest BCUT2D eigenvalue weighted by atomic mass is 10.2. The molecule has 0 aliphatic rings. The van der Waals surface area contributed by atoms with Crippen LogP contribution in [0.3, 0.4) is 0 Å². The minimum Gasteiger partial charge on any atom is -0.383 e. The van der Waals surface area contributed by atoms with Crippen molar-refractivity contribution in [3.05, 3.63) is 23.9 Å². The Morgan fingerprint density at radius 1 is 1.47 bits per heavy atom. The third kappa shape index (κ3) is 4.21. The van der Waals surface area contributed by atoms with Crippen LogP contribution in [-0.4, -0.2) is 48.6 Å². The first-order chi connectivity index (χ1) is 9.13. The molecule has 5 heteroatoms. The number of hydrogen-bond acceptors (Lipinski definition) is 4. The summed E-state index contributed by atoms with van der Waals surface area (Å²) in [5.74, 6) is 0.663. The highest BCUT2D eigenvalue weighted by molar-refractivity contribution is 5.92. The normalized spacial score (nSPS) is 12.0. The molecule has 0 saturated carbocycles. The number of likely N-dealkylation sites (N-methyl/N-ethyl adjacent to an activating group) is 1. The maximum absolute atomic E-state index is 12.4.